The van der Waals surface area contributed by atoms with Gasteiger partial charge >= 0.3 is 6.18 Å². The Kier molecular flexibility index (Phi) is 4.08. The molecule has 0 bridgehead atoms. The van der Waals surface area contributed by atoms with E-state index in [0.29, 0.717) is 11.5 Å². The quantitative estimate of drug-likeness (QED) is 0.556. The molecule has 4 nitrogen and oxygen atoms in total. The summed E-state index contributed by atoms with van der Waals surface area (Å²) in [6, 6.07) is 9.25. The average molecular weight is 411 g/mol. The van der Waals surface area contributed by atoms with Gasteiger partial charge in [-0.15, -0.1) is 0 Å². The number of aromatic amines is 1. The fourth-order valence-corrected chi connectivity index (χ4v) is 4.02. The third-order valence-electron chi connectivity index (χ3n) is 5.53. The van der Waals surface area contributed by atoms with Gasteiger partial charge in [-0.2, -0.15) is 13.2 Å². The summed E-state index contributed by atoms with van der Waals surface area (Å²) in [5.41, 5.74) is 1.26. The molecule has 1 atom stereocenters. The Balaban J connectivity index is 1.66. The van der Waals surface area contributed by atoms with Crippen molar-refractivity contribution >= 4 is 22.3 Å². The molecule has 154 valence electrons. The monoisotopic (exact) mass is 411 g/mol. The number of fused-ring (bicyclic) bond motifs is 1. The summed E-state index contributed by atoms with van der Waals surface area (Å²) in [6.07, 6.45) is 2.71. The van der Waals surface area contributed by atoms with E-state index in [2.05, 4.69) is 21.4 Å². The van der Waals surface area contributed by atoms with E-state index < -0.39 is 17.5 Å². The predicted octanol–water partition coefficient (Wildman–Crippen LogP) is 5.20. The fourth-order valence-electron chi connectivity index (χ4n) is 4.02. The van der Waals surface area contributed by atoms with Crippen LogP contribution in [0.4, 0.5) is 13.2 Å². The number of rotatable bonds is 3. The van der Waals surface area contributed by atoms with Gasteiger partial charge in [0.05, 0.1) is 5.56 Å². The molecule has 2 aromatic heterocycles. The molecule has 7 heteroatoms. The van der Waals surface area contributed by atoms with Crippen LogP contribution in [0.15, 0.2) is 54.7 Å². The van der Waals surface area contributed by atoms with Crippen molar-refractivity contribution in [2.45, 2.75) is 37.6 Å². The number of alkyl halides is 3. The van der Waals surface area contributed by atoms with E-state index >= 15 is 0 Å². The molecule has 1 saturated carbocycles. The van der Waals surface area contributed by atoms with E-state index in [1.54, 1.807) is 24.4 Å². The van der Waals surface area contributed by atoms with Crippen molar-refractivity contribution in [1.29, 1.82) is 0 Å². The van der Waals surface area contributed by atoms with Gasteiger partial charge in [0.25, 0.3) is 0 Å². The molecule has 2 aliphatic rings. The highest BCUT2D eigenvalue weighted by Crippen LogP contribution is 2.42. The van der Waals surface area contributed by atoms with Crippen molar-refractivity contribution in [2.24, 2.45) is 0 Å². The second-order valence-corrected chi connectivity index (χ2v) is 8.09. The maximum atomic E-state index is 13.6. The van der Waals surface area contributed by atoms with Crippen LogP contribution < -0.4 is 5.32 Å². The summed E-state index contributed by atoms with van der Waals surface area (Å²) in [5.74, 6) is 0.516. The molecule has 0 amide bonds. The Bertz CT molecular complexity index is 1200. The lowest BCUT2D eigenvalue weighted by Gasteiger charge is -2.31. The van der Waals surface area contributed by atoms with Crippen LogP contribution >= 0.6 is 0 Å². The third-order valence-corrected chi connectivity index (χ3v) is 5.53. The van der Waals surface area contributed by atoms with Crippen molar-refractivity contribution in [2.75, 3.05) is 0 Å². The first-order valence-corrected chi connectivity index (χ1v) is 9.81. The minimum absolute atomic E-state index is 0.00564. The zero-order valence-electron chi connectivity index (χ0n) is 16.2. The number of hydrogen-bond acceptors (Lipinski definition) is 3. The van der Waals surface area contributed by atoms with Gasteiger partial charge in [0.1, 0.15) is 5.65 Å². The SMILES string of the molecule is CC1(O)C=C(c2ccnc3[nH]c(C4CC4)cc23)C=C(c2ccccc2C(F)(F)F)N1. The molecule has 1 aliphatic heterocycles. The molecule has 1 aromatic carbocycles. The van der Waals surface area contributed by atoms with Crippen LogP contribution in [0.25, 0.3) is 22.3 Å². The lowest BCUT2D eigenvalue weighted by atomic mass is 9.93. The first-order chi connectivity index (χ1) is 14.2. The van der Waals surface area contributed by atoms with Crippen LogP contribution in [0.5, 0.6) is 0 Å². The van der Waals surface area contributed by atoms with Gasteiger partial charge in [-0.3, -0.25) is 0 Å². The van der Waals surface area contributed by atoms with Gasteiger partial charge in [-0.05, 0) is 67.2 Å². The van der Waals surface area contributed by atoms with Crippen LogP contribution in [0.2, 0.25) is 0 Å². The van der Waals surface area contributed by atoms with E-state index in [1.807, 2.05) is 6.07 Å². The second-order valence-electron chi connectivity index (χ2n) is 8.09. The number of hydrogen-bond donors (Lipinski definition) is 3. The molecule has 3 N–H and O–H groups in total. The van der Waals surface area contributed by atoms with Crippen molar-refractivity contribution < 1.29 is 18.3 Å². The molecule has 0 spiro atoms. The number of nitrogens with one attached hydrogen (secondary N) is 2. The van der Waals surface area contributed by atoms with E-state index in [4.69, 9.17) is 0 Å². The summed E-state index contributed by atoms with van der Waals surface area (Å²) >= 11 is 0. The van der Waals surface area contributed by atoms with E-state index in [0.717, 1.165) is 41.2 Å². The lowest BCUT2D eigenvalue weighted by molar-refractivity contribution is -0.137. The maximum absolute atomic E-state index is 13.6. The van der Waals surface area contributed by atoms with Gasteiger partial charge in [0, 0.05) is 28.5 Å². The zero-order valence-corrected chi connectivity index (χ0v) is 16.2. The zero-order chi connectivity index (χ0) is 21.1. The van der Waals surface area contributed by atoms with Crippen LogP contribution in [0, 0.1) is 0 Å². The Labute approximate surface area is 171 Å². The summed E-state index contributed by atoms with van der Waals surface area (Å²) in [6.45, 7) is 1.52. The molecular weight excluding hydrogens is 391 g/mol. The van der Waals surface area contributed by atoms with Crippen LogP contribution in [-0.2, 0) is 6.18 Å². The highest BCUT2D eigenvalue weighted by molar-refractivity contribution is 5.97. The van der Waals surface area contributed by atoms with E-state index in [9.17, 15) is 18.3 Å². The minimum Gasteiger partial charge on any atom is -0.368 e. The summed E-state index contributed by atoms with van der Waals surface area (Å²) in [4.78, 5) is 7.74. The maximum Gasteiger partial charge on any atom is 0.417 e. The number of dihydropyridines is 1. The van der Waals surface area contributed by atoms with Crippen molar-refractivity contribution in [3.8, 4) is 0 Å². The Morgan fingerprint density at radius 3 is 2.63 bits per heavy atom. The van der Waals surface area contributed by atoms with Gasteiger partial charge in [-0.25, -0.2) is 4.98 Å². The number of pyridine rings is 1. The number of H-pyrrole nitrogens is 1. The van der Waals surface area contributed by atoms with Crippen LogP contribution in [0.1, 0.15) is 48.1 Å². The van der Waals surface area contributed by atoms with Gasteiger partial charge in [0.2, 0.25) is 0 Å². The van der Waals surface area contributed by atoms with Gasteiger partial charge in [-0.1, -0.05) is 18.2 Å². The Hall–Kier alpha value is -3.06. The highest BCUT2D eigenvalue weighted by atomic mass is 19.4. The molecule has 1 aliphatic carbocycles. The molecular formula is C23H20F3N3O. The van der Waals surface area contributed by atoms with E-state index in [-0.39, 0.29) is 11.3 Å². The van der Waals surface area contributed by atoms with Crippen LogP contribution in [-0.4, -0.2) is 20.8 Å². The molecule has 1 fully saturated rings. The normalized spacial score (nSPS) is 21.9. The number of nitrogens with zero attached hydrogens (tertiary/aromatic N) is 1. The molecule has 30 heavy (non-hydrogen) atoms. The minimum atomic E-state index is -4.50. The fraction of sp³-hybridized carbons (Fsp3) is 0.261. The smallest absolute Gasteiger partial charge is 0.368 e. The highest BCUT2D eigenvalue weighted by Gasteiger charge is 2.35. The average Bonchev–Trinajstić information content (AvgIpc) is 3.44. The first kappa shape index (κ1) is 18.9. The molecule has 5 rings (SSSR count). The molecule has 0 radical (unpaired) electrons. The van der Waals surface area contributed by atoms with Crippen molar-refractivity contribution in [1.82, 2.24) is 15.3 Å². The predicted molar refractivity (Wildman–Crippen MR) is 109 cm³/mol. The van der Waals surface area contributed by atoms with Gasteiger partial charge in [0.15, 0.2) is 5.72 Å². The lowest BCUT2D eigenvalue weighted by Crippen LogP contribution is -2.41. The van der Waals surface area contributed by atoms with Crippen molar-refractivity contribution in [3.05, 3.63) is 77.1 Å². The largest absolute Gasteiger partial charge is 0.417 e. The topological polar surface area (TPSA) is 60.9 Å². The molecule has 1 unspecified atom stereocenters. The number of aromatic nitrogens is 2. The van der Waals surface area contributed by atoms with Crippen LogP contribution in [0.3, 0.4) is 0 Å². The second kappa shape index (κ2) is 6.47. The molecule has 3 aromatic rings. The Morgan fingerprint density at radius 1 is 1.13 bits per heavy atom. The number of halogens is 3. The third kappa shape index (κ3) is 3.39. The van der Waals surface area contributed by atoms with Gasteiger partial charge < -0.3 is 15.4 Å². The number of benzene rings is 1. The molecule has 0 saturated heterocycles. The number of aliphatic hydroxyl groups is 1. The first-order valence-electron chi connectivity index (χ1n) is 9.81. The Morgan fingerprint density at radius 2 is 1.90 bits per heavy atom. The standard InChI is InChI=1S/C23H20F3N3O/c1-22(30)12-14(10-20(29-22)16-4-2-3-5-18(16)23(24,25)26)15-8-9-27-21-17(15)11-19(28-21)13-6-7-13/h2-5,8-13,29-30H,6-7H2,1H3,(H,27,28). The summed E-state index contributed by atoms with van der Waals surface area (Å²) in [7, 11) is 0. The summed E-state index contributed by atoms with van der Waals surface area (Å²) in [5, 5.41) is 14.5. The number of allylic oxidation sites excluding steroid dienone is 2. The molecule has 3 heterocycles. The summed E-state index contributed by atoms with van der Waals surface area (Å²) < 4.78 is 40.7. The van der Waals surface area contributed by atoms with E-state index in [1.165, 1.54) is 19.1 Å². The van der Waals surface area contributed by atoms with Crippen molar-refractivity contribution in [3.63, 3.8) is 0 Å².